The Hall–Kier alpha value is -5.06. The smallest absolute Gasteiger partial charge is 0.462 e. The lowest BCUT2D eigenvalue weighted by atomic mass is 10.1. The van der Waals surface area contributed by atoms with Gasteiger partial charge >= 0.3 is 39.5 Å². The van der Waals surface area contributed by atoms with E-state index >= 15 is 0 Å². The lowest BCUT2D eigenvalue weighted by Crippen LogP contribution is -2.30. The van der Waals surface area contributed by atoms with Gasteiger partial charge in [0.05, 0.1) is 26.4 Å². The maximum absolute atomic E-state index is 13.1. The van der Waals surface area contributed by atoms with Crippen molar-refractivity contribution in [1.29, 1.82) is 0 Å². The van der Waals surface area contributed by atoms with Crippen molar-refractivity contribution in [3.05, 3.63) is 146 Å². The van der Waals surface area contributed by atoms with Crippen LogP contribution in [-0.4, -0.2) is 96.7 Å². The maximum Gasteiger partial charge on any atom is 0.472 e. The van der Waals surface area contributed by atoms with E-state index in [4.69, 9.17) is 37.0 Å². The molecule has 3 N–H and O–H groups in total. The Labute approximate surface area is 617 Å². The first-order valence-corrected chi connectivity index (χ1v) is 42.1. The van der Waals surface area contributed by atoms with Gasteiger partial charge in [0.15, 0.2) is 12.2 Å². The standard InChI is InChI=1S/C83H138O17P2/c1-5-9-13-17-21-25-29-32-35-37-38-40-43-45-49-52-56-60-64-68-81(86)94-74-79(100-83(88)70-66-62-58-54-50-46-41-34-31-27-23-19-15-11-7-3)76-98-102(91,92)96-72-77(84)71-95-101(89,90)97-75-78(99-82(87)69-65-61-57-53-47-28-24-20-16-12-8-4)73-93-80(85)67-63-59-55-51-48-44-42-39-36-33-30-26-22-18-14-10-6-2/h9-10,13-14,20-22,24-26,32-36,38,40-42,44-45,49,51,55,77-79,84H,5-8,11-12,15-19,23,27-31,37,39,43,46-48,50,52-54,56-76H2,1-4H3,(H,89,90)(H,91,92)/b13-9-,14-10-,24-20-,25-21-,26-22-,35-32-,36-33-,40-38-,41-34-,44-42-,49-45-,55-51-. The number of esters is 4. The van der Waals surface area contributed by atoms with Crippen molar-refractivity contribution in [2.45, 2.75) is 316 Å². The number of carbonyl (C=O) groups excluding carboxylic acids is 4. The van der Waals surface area contributed by atoms with E-state index in [0.717, 1.165) is 161 Å². The van der Waals surface area contributed by atoms with Gasteiger partial charge in [0.25, 0.3) is 0 Å². The fourth-order valence-electron chi connectivity index (χ4n) is 9.85. The van der Waals surface area contributed by atoms with Crippen molar-refractivity contribution in [3.8, 4) is 0 Å². The SMILES string of the molecule is CC/C=C\C/C=C\C/C=C\C/C=C\C/C=C\CCCCCC(=O)OCC(COP(=O)(O)OCC(O)COP(=O)(O)OCC(COC(=O)CCC/C=C\C/C=C\C/C=C\C/C=C\C/C=C\CC)OC(=O)CCCCCCC/C=C\CCCC)OC(=O)CCCCCCC/C=C\CCCCCCCC. The molecule has 0 amide bonds. The molecule has 0 radical (unpaired) electrons. The van der Waals surface area contributed by atoms with Crippen LogP contribution in [0.4, 0.5) is 0 Å². The number of allylic oxidation sites excluding steroid dienone is 24. The first-order chi connectivity index (χ1) is 49.7. The molecule has 0 aromatic carbocycles. The third kappa shape index (κ3) is 73.3. The number of aliphatic hydroxyl groups excluding tert-OH is 1. The largest absolute Gasteiger partial charge is 0.472 e. The highest BCUT2D eigenvalue weighted by atomic mass is 31.2. The van der Waals surface area contributed by atoms with E-state index < -0.39 is 97.5 Å². The van der Waals surface area contributed by atoms with E-state index in [1.54, 1.807) is 0 Å². The molecule has 5 unspecified atom stereocenters. The highest BCUT2D eigenvalue weighted by molar-refractivity contribution is 7.47. The summed E-state index contributed by atoms with van der Waals surface area (Å²) < 4.78 is 68.4. The lowest BCUT2D eigenvalue weighted by Gasteiger charge is -2.21. The summed E-state index contributed by atoms with van der Waals surface area (Å²) >= 11 is 0. The fraction of sp³-hybridized carbons (Fsp3) is 0.663. The molecule has 0 aliphatic heterocycles. The zero-order valence-electron chi connectivity index (χ0n) is 63.5. The molecular formula is C83H138O17P2. The molecule has 5 atom stereocenters. The van der Waals surface area contributed by atoms with Gasteiger partial charge in [0.2, 0.25) is 0 Å². The van der Waals surface area contributed by atoms with Crippen LogP contribution >= 0.6 is 15.6 Å². The summed E-state index contributed by atoms with van der Waals surface area (Å²) in [5.74, 6) is -2.30. The third-order valence-electron chi connectivity index (χ3n) is 15.8. The van der Waals surface area contributed by atoms with E-state index in [1.807, 2.05) is 12.2 Å². The zero-order chi connectivity index (χ0) is 74.6. The number of hydrogen-bond donors (Lipinski definition) is 3. The van der Waals surface area contributed by atoms with Crippen LogP contribution in [0.15, 0.2) is 146 Å². The molecule has 0 saturated heterocycles. The molecule has 0 spiro atoms. The molecule has 0 aromatic heterocycles. The van der Waals surface area contributed by atoms with Crippen LogP contribution in [0.1, 0.15) is 297 Å². The van der Waals surface area contributed by atoms with Crippen LogP contribution in [0.2, 0.25) is 0 Å². The molecule has 0 rings (SSSR count). The second kappa shape index (κ2) is 74.2. The van der Waals surface area contributed by atoms with Crippen LogP contribution in [0.25, 0.3) is 0 Å². The average molecular weight is 1470 g/mol. The van der Waals surface area contributed by atoms with Crippen LogP contribution in [0, 0.1) is 0 Å². The molecular weight excluding hydrogens is 1330 g/mol. The molecule has 582 valence electrons. The Kier molecular flexibility index (Phi) is 70.5. The Morgan fingerprint density at radius 3 is 0.873 bits per heavy atom. The summed E-state index contributed by atoms with van der Waals surface area (Å²) in [6.07, 6.45) is 84.2. The molecule has 17 nitrogen and oxygen atoms in total. The van der Waals surface area contributed by atoms with Gasteiger partial charge in [-0.25, -0.2) is 9.13 Å². The predicted molar refractivity (Wildman–Crippen MR) is 417 cm³/mol. The summed E-state index contributed by atoms with van der Waals surface area (Å²) in [5.41, 5.74) is 0. The zero-order valence-corrected chi connectivity index (χ0v) is 65.3. The van der Waals surface area contributed by atoms with E-state index in [1.165, 1.54) is 51.4 Å². The molecule has 19 heteroatoms. The monoisotopic (exact) mass is 1470 g/mol. The van der Waals surface area contributed by atoms with E-state index in [-0.39, 0.29) is 25.7 Å². The molecule has 0 aromatic rings. The highest BCUT2D eigenvalue weighted by Gasteiger charge is 2.30. The molecule has 102 heavy (non-hydrogen) atoms. The summed E-state index contributed by atoms with van der Waals surface area (Å²) in [6.45, 7) is 4.47. The fourth-order valence-corrected chi connectivity index (χ4v) is 11.4. The minimum absolute atomic E-state index is 0.0677. The van der Waals surface area contributed by atoms with E-state index in [2.05, 4.69) is 161 Å². The number of carbonyl (C=O) groups is 4. The van der Waals surface area contributed by atoms with Crippen LogP contribution < -0.4 is 0 Å². The second-order valence-electron chi connectivity index (χ2n) is 25.5. The number of phosphoric acid groups is 2. The van der Waals surface area contributed by atoms with Crippen molar-refractivity contribution in [2.75, 3.05) is 39.6 Å². The van der Waals surface area contributed by atoms with Crippen LogP contribution in [-0.2, 0) is 65.4 Å². The van der Waals surface area contributed by atoms with Crippen molar-refractivity contribution < 1.29 is 80.2 Å². The Bertz CT molecular complexity index is 2510. The number of ether oxygens (including phenoxy) is 4. The van der Waals surface area contributed by atoms with Crippen LogP contribution in [0.5, 0.6) is 0 Å². The van der Waals surface area contributed by atoms with E-state index in [0.29, 0.717) is 32.1 Å². The Morgan fingerprint density at radius 1 is 0.284 bits per heavy atom. The molecule has 0 aliphatic carbocycles. The quantitative estimate of drug-likeness (QED) is 0.0169. The van der Waals surface area contributed by atoms with Gasteiger partial charge in [-0.15, -0.1) is 0 Å². The van der Waals surface area contributed by atoms with Gasteiger partial charge < -0.3 is 33.8 Å². The minimum atomic E-state index is -4.99. The van der Waals surface area contributed by atoms with Gasteiger partial charge in [-0.1, -0.05) is 263 Å². The van der Waals surface area contributed by atoms with Gasteiger partial charge in [-0.2, -0.15) is 0 Å². The first-order valence-electron chi connectivity index (χ1n) is 39.1. The van der Waals surface area contributed by atoms with Gasteiger partial charge in [0, 0.05) is 25.7 Å². The lowest BCUT2D eigenvalue weighted by molar-refractivity contribution is -0.161. The molecule has 0 bridgehead atoms. The Balaban J connectivity index is 5.42. The number of hydrogen-bond acceptors (Lipinski definition) is 15. The molecule has 0 saturated carbocycles. The predicted octanol–water partition coefficient (Wildman–Crippen LogP) is 22.7. The number of aliphatic hydroxyl groups is 1. The molecule has 0 fully saturated rings. The second-order valence-corrected chi connectivity index (χ2v) is 28.4. The number of phosphoric ester groups is 2. The van der Waals surface area contributed by atoms with Crippen molar-refractivity contribution in [2.24, 2.45) is 0 Å². The number of rotatable bonds is 72. The van der Waals surface area contributed by atoms with Gasteiger partial charge in [-0.05, 0) is 154 Å². The van der Waals surface area contributed by atoms with E-state index in [9.17, 15) is 43.2 Å². The highest BCUT2D eigenvalue weighted by Crippen LogP contribution is 2.45. The molecule has 0 aliphatic rings. The van der Waals surface area contributed by atoms with Crippen molar-refractivity contribution in [3.63, 3.8) is 0 Å². The summed E-state index contributed by atoms with van der Waals surface area (Å²) in [4.78, 5) is 72.9. The topological polar surface area (TPSA) is 237 Å². The summed E-state index contributed by atoms with van der Waals surface area (Å²) in [5, 5.41) is 10.6. The normalized spacial score (nSPS) is 14.7. The Morgan fingerprint density at radius 2 is 0.529 bits per heavy atom. The average Bonchev–Trinajstić information content (AvgIpc) is 0.939. The van der Waals surface area contributed by atoms with Crippen molar-refractivity contribution in [1.82, 2.24) is 0 Å². The number of unbranched alkanes of at least 4 members (excludes halogenated alkanes) is 22. The van der Waals surface area contributed by atoms with Gasteiger partial charge in [0.1, 0.15) is 19.3 Å². The first kappa shape index (κ1) is 96.9. The van der Waals surface area contributed by atoms with Gasteiger partial charge in [-0.3, -0.25) is 37.3 Å². The minimum Gasteiger partial charge on any atom is -0.462 e. The maximum atomic E-state index is 13.1. The summed E-state index contributed by atoms with van der Waals surface area (Å²) in [7, 11) is -9.99. The summed E-state index contributed by atoms with van der Waals surface area (Å²) in [6, 6.07) is 0. The van der Waals surface area contributed by atoms with Crippen LogP contribution in [0.3, 0.4) is 0 Å². The van der Waals surface area contributed by atoms with Crippen molar-refractivity contribution >= 4 is 39.5 Å². The third-order valence-corrected chi connectivity index (χ3v) is 17.7. The molecule has 0 heterocycles.